The summed E-state index contributed by atoms with van der Waals surface area (Å²) in [4.78, 5) is 4.14. The van der Waals surface area contributed by atoms with Crippen LogP contribution in [0.15, 0.2) is 17.1 Å². The SMILES string of the molecule is C=C(C)CN=C(N)NCCCCC(C)C. The van der Waals surface area contributed by atoms with Crippen LogP contribution < -0.4 is 11.1 Å². The van der Waals surface area contributed by atoms with Gasteiger partial charge in [-0.3, -0.25) is 0 Å². The molecule has 0 aliphatic heterocycles. The minimum absolute atomic E-state index is 0.530. The van der Waals surface area contributed by atoms with E-state index >= 15 is 0 Å². The molecule has 0 saturated heterocycles. The van der Waals surface area contributed by atoms with Gasteiger partial charge >= 0.3 is 0 Å². The van der Waals surface area contributed by atoms with Gasteiger partial charge in [0.2, 0.25) is 0 Å². The summed E-state index contributed by atoms with van der Waals surface area (Å²) in [5, 5.41) is 3.10. The Labute approximate surface area is 93.8 Å². The zero-order valence-corrected chi connectivity index (χ0v) is 10.3. The predicted octanol–water partition coefficient (Wildman–Crippen LogP) is 2.29. The van der Waals surface area contributed by atoms with E-state index in [0.717, 1.165) is 24.5 Å². The number of unbranched alkanes of at least 4 members (excludes halogenated alkanes) is 1. The van der Waals surface area contributed by atoms with Gasteiger partial charge in [-0.1, -0.05) is 38.8 Å². The molecule has 0 atom stereocenters. The maximum Gasteiger partial charge on any atom is 0.188 e. The molecule has 0 fully saturated rings. The standard InChI is InChI=1S/C12H25N3/c1-10(2)7-5-6-8-14-12(13)15-9-11(3)4/h10H,3,5-9H2,1-2,4H3,(H3,13,14,15). The first-order valence-corrected chi connectivity index (χ1v) is 5.70. The highest BCUT2D eigenvalue weighted by Crippen LogP contribution is 2.04. The van der Waals surface area contributed by atoms with Gasteiger partial charge in [0.25, 0.3) is 0 Å². The molecule has 88 valence electrons. The highest BCUT2D eigenvalue weighted by Gasteiger charge is 1.94. The van der Waals surface area contributed by atoms with Crippen molar-refractivity contribution >= 4 is 5.96 Å². The van der Waals surface area contributed by atoms with Crippen LogP contribution >= 0.6 is 0 Å². The fraction of sp³-hybridized carbons (Fsp3) is 0.750. The zero-order chi connectivity index (χ0) is 11.7. The molecule has 0 heterocycles. The molecule has 0 bridgehead atoms. The molecule has 0 amide bonds. The number of nitrogens with zero attached hydrogens (tertiary/aromatic N) is 1. The van der Waals surface area contributed by atoms with Crippen LogP contribution in [0.2, 0.25) is 0 Å². The maximum absolute atomic E-state index is 5.66. The number of aliphatic imine (C=N–C) groups is 1. The van der Waals surface area contributed by atoms with Crippen molar-refractivity contribution in [1.29, 1.82) is 0 Å². The van der Waals surface area contributed by atoms with Gasteiger partial charge in [0.05, 0.1) is 6.54 Å². The Bertz CT molecular complexity index is 207. The first kappa shape index (κ1) is 14.0. The summed E-state index contributed by atoms with van der Waals surface area (Å²) in [5.41, 5.74) is 6.69. The van der Waals surface area contributed by atoms with E-state index in [4.69, 9.17) is 5.73 Å². The molecule has 0 unspecified atom stereocenters. The van der Waals surface area contributed by atoms with Gasteiger partial charge in [-0.25, -0.2) is 4.99 Å². The largest absolute Gasteiger partial charge is 0.370 e. The minimum atomic E-state index is 0.530. The lowest BCUT2D eigenvalue weighted by Crippen LogP contribution is -2.32. The topological polar surface area (TPSA) is 50.4 Å². The summed E-state index contributed by atoms with van der Waals surface area (Å²) in [5.74, 6) is 1.32. The zero-order valence-electron chi connectivity index (χ0n) is 10.3. The van der Waals surface area contributed by atoms with E-state index in [9.17, 15) is 0 Å². The van der Waals surface area contributed by atoms with Crippen molar-refractivity contribution in [2.24, 2.45) is 16.6 Å². The van der Waals surface area contributed by atoms with Crippen LogP contribution in [0.4, 0.5) is 0 Å². The number of nitrogens with one attached hydrogen (secondary N) is 1. The van der Waals surface area contributed by atoms with E-state index < -0.39 is 0 Å². The average molecular weight is 211 g/mol. The van der Waals surface area contributed by atoms with Crippen LogP contribution in [0.1, 0.15) is 40.0 Å². The quantitative estimate of drug-likeness (QED) is 0.294. The molecule has 3 N–H and O–H groups in total. The minimum Gasteiger partial charge on any atom is -0.370 e. The predicted molar refractivity (Wildman–Crippen MR) is 68.0 cm³/mol. The first-order chi connectivity index (χ1) is 7.02. The van der Waals surface area contributed by atoms with Crippen molar-refractivity contribution in [2.75, 3.05) is 13.1 Å². The average Bonchev–Trinajstić information content (AvgIpc) is 2.13. The number of hydrogen-bond acceptors (Lipinski definition) is 1. The van der Waals surface area contributed by atoms with Crippen molar-refractivity contribution in [3.63, 3.8) is 0 Å². The van der Waals surface area contributed by atoms with Crippen molar-refractivity contribution in [3.05, 3.63) is 12.2 Å². The highest BCUT2D eigenvalue weighted by atomic mass is 15.1. The summed E-state index contributed by atoms with van der Waals surface area (Å²) in [7, 11) is 0. The van der Waals surface area contributed by atoms with Crippen LogP contribution in [0.3, 0.4) is 0 Å². The van der Waals surface area contributed by atoms with E-state index in [1.54, 1.807) is 0 Å². The summed E-state index contributed by atoms with van der Waals surface area (Å²) in [6.07, 6.45) is 3.68. The van der Waals surface area contributed by atoms with Gasteiger partial charge in [0.1, 0.15) is 0 Å². The van der Waals surface area contributed by atoms with Crippen LogP contribution in [0, 0.1) is 5.92 Å². The van der Waals surface area contributed by atoms with Gasteiger partial charge in [0, 0.05) is 6.54 Å². The lowest BCUT2D eigenvalue weighted by molar-refractivity contribution is 0.535. The molecule has 0 aliphatic rings. The third-order valence-electron chi connectivity index (χ3n) is 2.03. The van der Waals surface area contributed by atoms with Crippen LogP contribution in [-0.4, -0.2) is 19.0 Å². The normalized spacial score (nSPS) is 11.9. The maximum atomic E-state index is 5.66. The summed E-state index contributed by atoms with van der Waals surface area (Å²) >= 11 is 0. The number of nitrogens with two attached hydrogens (primary N) is 1. The monoisotopic (exact) mass is 211 g/mol. The Morgan fingerprint density at radius 1 is 1.40 bits per heavy atom. The van der Waals surface area contributed by atoms with Gasteiger partial charge < -0.3 is 11.1 Å². The summed E-state index contributed by atoms with van der Waals surface area (Å²) < 4.78 is 0. The Kier molecular flexibility index (Phi) is 7.78. The van der Waals surface area contributed by atoms with E-state index in [0.29, 0.717) is 12.5 Å². The Morgan fingerprint density at radius 3 is 2.60 bits per heavy atom. The Balaban J connectivity index is 3.42. The highest BCUT2D eigenvalue weighted by molar-refractivity contribution is 5.77. The van der Waals surface area contributed by atoms with Crippen LogP contribution in [0.5, 0.6) is 0 Å². The first-order valence-electron chi connectivity index (χ1n) is 5.70. The lowest BCUT2D eigenvalue weighted by atomic mass is 10.1. The Hall–Kier alpha value is -0.990. The second kappa shape index (κ2) is 8.33. The van der Waals surface area contributed by atoms with E-state index in [2.05, 4.69) is 30.7 Å². The van der Waals surface area contributed by atoms with Crippen LogP contribution in [0.25, 0.3) is 0 Å². The molecule has 0 radical (unpaired) electrons. The van der Waals surface area contributed by atoms with E-state index in [1.165, 1.54) is 12.8 Å². The fourth-order valence-electron chi connectivity index (χ4n) is 1.17. The van der Waals surface area contributed by atoms with Crippen molar-refractivity contribution in [1.82, 2.24) is 5.32 Å². The fourth-order valence-corrected chi connectivity index (χ4v) is 1.17. The molecule has 0 rings (SSSR count). The van der Waals surface area contributed by atoms with Gasteiger partial charge in [-0.05, 0) is 19.3 Å². The smallest absolute Gasteiger partial charge is 0.188 e. The Morgan fingerprint density at radius 2 is 2.07 bits per heavy atom. The molecule has 0 aliphatic carbocycles. The molecule has 3 heteroatoms. The number of guanidine groups is 1. The second-order valence-electron chi connectivity index (χ2n) is 4.47. The molecule has 0 spiro atoms. The van der Waals surface area contributed by atoms with Crippen molar-refractivity contribution in [2.45, 2.75) is 40.0 Å². The molecule has 0 aromatic rings. The van der Waals surface area contributed by atoms with E-state index in [1.807, 2.05) is 6.92 Å². The van der Waals surface area contributed by atoms with Crippen LogP contribution in [-0.2, 0) is 0 Å². The third-order valence-corrected chi connectivity index (χ3v) is 2.03. The van der Waals surface area contributed by atoms with Gasteiger partial charge in [0.15, 0.2) is 5.96 Å². The molecule has 15 heavy (non-hydrogen) atoms. The molecular formula is C12H25N3. The molecule has 0 saturated carbocycles. The third kappa shape index (κ3) is 10.9. The second-order valence-corrected chi connectivity index (χ2v) is 4.47. The van der Waals surface area contributed by atoms with E-state index in [-0.39, 0.29) is 0 Å². The van der Waals surface area contributed by atoms with Gasteiger partial charge in [-0.15, -0.1) is 0 Å². The number of hydrogen-bond donors (Lipinski definition) is 2. The summed E-state index contributed by atoms with van der Waals surface area (Å²) in [6, 6.07) is 0. The molecule has 3 nitrogen and oxygen atoms in total. The van der Waals surface area contributed by atoms with Crippen molar-refractivity contribution in [3.8, 4) is 0 Å². The molecule has 0 aromatic carbocycles. The summed E-state index contributed by atoms with van der Waals surface area (Å²) in [6.45, 7) is 11.7. The van der Waals surface area contributed by atoms with Gasteiger partial charge in [-0.2, -0.15) is 0 Å². The molecular weight excluding hydrogens is 186 g/mol. The molecule has 0 aromatic heterocycles. The van der Waals surface area contributed by atoms with Crippen molar-refractivity contribution < 1.29 is 0 Å². The lowest BCUT2D eigenvalue weighted by Gasteiger charge is -2.06. The number of rotatable bonds is 7.